The van der Waals surface area contributed by atoms with E-state index in [-0.39, 0.29) is 13.0 Å². The molecule has 0 aromatic heterocycles. The molecule has 0 saturated carbocycles. The number of hydrogen-bond donors (Lipinski definition) is 1. The second-order valence-corrected chi connectivity index (χ2v) is 7.84. The van der Waals surface area contributed by atoms with Gasteiger partial charge in [0.1, 0.15) is 14.9 Å². The molecule has 33 heavy (non-hydrogen) atoms. The van der Waals surface area contributed by atoms with E-state index in [1.165, 1.54) is 12.1 Å². The molecule has 12 heteroatoms. The maximum absolute atomic E-state index is 14.1. The first kappa shape index (κ1) is 29.1. The van der Waals surface area contributed by atoms with E-state index in [9.17, 15) is 30.4 Å². The molecule has 0 bridgehead atoms. The Labute approximate surface area is 202 Å². The van der Waals surface area contributed by atoms with Crippen LogP contribution in [0.5, 0.6) is 0 Å². The summed E-state index contributed by atoms with van der Waals surface area (Å²) in [7, 11) is -0.767. The third-order valence-corrected chi connectivity index (χ3v) is 5.72. The predicted octanol–water partition coefficient (Wildman–Crippen LogP) is 6.02. The van der Waals surface area contributed by atoms with Crippen LogP contribution in [0.1, 0.15) is 23.2 Å². The number of sulfonamides is 1. The number of rotatable bonds is 6. The summed E-state index contributed by atoms with van der Waals surface area (Å²) in [6.07, 6.45) is 0. The Morgan fingerprint density at radius 3 is 1.52 bits per heavy atom. The first-order valence-electron chi connectivity index (χ1n) is 8.62. The van der Waals surface area contributed by atoms with Crippen LogP contribution in [0, 0.1) is 36.5 Å². The van der Waals surface area contributed by atoms with Crippen molar-refractivity contribution in [2.75, 3.05) is 0 Å². The molecular formula is C21H17ClF5N2O2RuS+. The Hall–Kier alpha value is -1.91. The van der Waals surface area contributed by atoms with Gasteiger partial charge in [0.25, 0.3) is 0 Å². The molecular weight excluding hydrogens is 576 g/mol. The summed E-state index contributed by atoms with van der Waals surface area (Å²) in [5.74, 6) is -12.2. The van der Waals surface area contributed by atoms with Gasteiger partial charge in [-0.3, -0.25) is 0 Å². The summed E-state index contributed by atoms with van der Waals surface area (Å²) in [5, 5.41) is 0. The van der Waals surface area contributed by atoms with Crippen LogP contribution in [0.25, 0.3) is 4.72 Å². The Kier molecular flexibility index (Phi) is 11.1. The van der Waals surface area contributed by atoms with Gasteiger partial charge in [0.05, 0.1) is 0 Å². The Balaban J connectivity index is 0.00000177. The van der Waals surface area contributed by atoms with Crippen molar-refractivity contribution >= 4 is 19.7 Å². The van der Waals surface area contributed by atoms with Crippen molar-refractivity contribution < 1.29 is 47.7 Å². The number of nitrogens with two attached hydrogens (primary N) is 1. The van der Waals surface area contributed by atoms with Gasteiger partial charge >= 0.3 is 27.0 Å². The molecule has 3 rings (SSSR count). The van der Waals surface area contributed by atoms with Crippen molar-refractivity contribution in [1.82, 2.24) is 0 Å². The van der Waals surface area contributed by atoms with Gasteiger partial charge in [-0.1, -0.05) is 72.3 Å². The van der Waals surface area contributed by atoms with E-state index in [0.717, 1.165) is 0 Å². The van der Waals surface area contributed by atoms with E-state index < -0.39 is 56.1 Å². The Morgan fingerprint density at radius 1 is 0.727 bits per heavy atom. The quantitative estimate of drug-likeness (QED) is 0.125. The normalized spacial score (nSPS) is 12.7. The molecule has 0 fully saturated rings. The van der Waals surface area contributed by atoms with Crippen LogP contribution in [0.3, 0.4) is 0 Å². The monoisotopic (exact) mass is 593 g/mol. The van der Waals surface area contributed by atoms with Crippen molar-refractivity contribution in [2.45, 2.75) is 17.0 Å². The Bertz CT molecular complexity index is 1140. The molecule has 3 aromatic rings. The Morgan fingerprint density at radius 2 is 1.09 bits per heavy atom. The van der Waals surface area contributed by atoms with Gasteiger partial charge < -0.3 is 17.9 Å². The first-order chi connectivity index (χ1) is 15.1. The summed E-state index contributed by atoms with van der Waals surface area (Å²) in [4.78, 5) is -2.03. The molecule has 0 spiro atoms. The van der Waals surface area contributed by atoms with Crippen LogP contribution >= 0.6 is 9.69 Å². The molecule has 0 aliphatic heterocycles. The van der Waals surface area contributed by atoms with Crippen molar-refractivity contribution in [3.63, 3.8) is 0 Å². The van der Waals surface area contributed by atoms with Gasteiger partial charge in [0.2, 0.25) is 5.82 Å². The molecule has 0 unspecified atom stereocenters. The van der Waals surface area contributed by atoms with E-state index in [0.29, 0.717) is 5.56 Å². The number of hydrogen-bond acceptors (Lipinski definition) is 3. The van der Waals surface area contributed by atoms with E-state index in [1.807, 2.05) is 17.3 Å². The number of nitrogens with zero attached hydrogens (tertiary/aromatic N) is 1. The first-order valence-corrected chi connectivity index (χ1v) is 12.3. The molecule has 4 nitrogen and oxygen atoms in total. The second-order valence-electron chi connectivity index (χ2n) is 6.27. The molecule has 0 heterocycles. The van der Waals surface area contributed by atoms with E-state index in [2.05, 4.69) is 14.4 Å². The minimum absolute atomic E-state index is 0. The zero-order valence-corrected chi connectivity index (χ0v) is 20.1. The zero-order valence-electron chi connectivity index (χ0n) is 16.8. The van der Waals surface area contributed by atoms with Gasteiger partial charge in [0.15, 0.2) is 23.3 Å². The maximum atomic E-state index is 14.1. The van der Waals surface area contributed by atoms with Crippen LogP contribution in [0.4, 0.5) is 22.0 Å². The van der Waals surface area contributed by atoms with Crippen LogP contribution in [0.2, 0.25) is 0 Å². The van der Waals surface area contributed by atoms with Gasteiger partial charge in [-0.15, -0.1) is 0 Å². The summed E-state index contributed by atoms with van der Waals surface area (Å²) >= 11 is 1.82. The topological polar surface area (TPSA) is 74.3 Å². The van der Waals surface area contributed by atoms with Crippen LogP contribution < -0.4 is 5.73 Å². The summed E-state index contributed by atoms with van der Waals surface area (Å²) in [6.45, 7) is 0. The molecule has 3 aromatic carbocycles. The van der Waals surface area contributed by atoms with Crippen molar-refractivity contribution in [3.05, 3.63) is 113 Å². The fourth-order valence-electron chi connectivity index (χ4n) is 2.85. The summed E-state index contributed by atoms with van der Waals surface area (Å²) < 4.78 is 97.3. The number of benzene rings is 3. The van der Waals surface area contributed by atoms with Crippen LogP contribution in [-0.2, 0) is 27.3 Å². The second kappa shape index (κ2) is 12.5. The van der Waals surface area contributed by atoms with Crippen molar-refractivity contribution in [3.8, 4) is 0 Å². The third kappa shape index (κ3) is 6.36. The number of halogens is 6. The van der Waals surface area contributed by atoms with E-state index in [1.54, 1.807) is 48.5 Å². The van der Waals surface area contributed by atoms with Crippen LogP contribution in [0.15, 0.2) is 65.6 Å². The molecule has 178 valence electrons. The molecule has 0 amide bonds. The molecule has 0 saturated heterocycles. The summed E-state index contributed by atoms with van der Waals surface area (Å²) in [5.41, 5.74) is 6.87. The summed E-state index contributed by atoms with van der Waals surface area (Å²) in [6, 6.07) is 13.3. The average Bonchev–Trinajstić information content (AvgIpc) is 2.82. The molecule has 0 aliphatic rings. The average molecular weight is 593 g/mol. The molecule has 2 atom stereocenters. The standard InChI is InChI=1S/C20H14F5N2O2S.CH3.ClH.Ru/c21-13-14(22)16(24)20(17(25)15(13)23)30(28,29)27-19(12-9-5-2-6-10-12)18(26)11-7-3-1-4-8-11;;;/h1-10,18-19H,26H2;1H3;1H;/q2*-1;;+4/p-1/t18-,19-;;;/m0.../s1. The molecule has 0 aliphatic carbocycles. The minimum atomic E-state index is -5.34. The van der Waals surface area contributed by atoms with Gasteiger partial charge in [-0.2, -0.15) is 0 Å². The third-order valence-electron chi connectivity index (χ3n) is 4.35. The fraction of sp³-hybridized carbons (Fsp3) is 0.0952. The van der Waals surface area contributed by atoms with Gasteiger partial charge in [-0.25, -0.2) is 30.4 Å². The van der Waals surface area contributed by atoms with E-state index >= 15 is 0 Å². The van der Waals surface area contributed by atoms with E-state index in [4.69, 9.17) is 5.73 Å². The van der Waals surface area contributed by atoms with Gasteiger partial charge in [0, 0.05) is 6.04 Å². The predicted molar refractivity (Wildman–Crippen MR) is 112 cm³/mol. The molecule has 2 N–H and O–H groups in total. The zero-order chi connectivity index (χ0) is 24.1. The van der Waals surface area contributed by atoms with Crippen LogP contribution in [-0.4, -0.2) is 8.42 Å². The molecule has 0 radical (unpaired) electrons. The van der Waals surface area contributed by atoms with Crippen molar-refractivity contribution in [1.29, 1.82) is 0 Å². The van der Waals surface area contributed by atoms with Crippen molar-refractivity contribution in [2.24, 2.45) is 5.73 Å². The van der Waals surface area contributed by atoms with Gasteiger partial charge in [-0.05, 0) is 5.56 Å². The SMILES string of the molecule is N[C@@H](c1ccccc1)[C@@H]([N-]S(=O)(=O)c1c(F)c(F)c(F)c(F)c1F)c1ccccc1.[CH3-].[Cl][Ru+3]. The fourth-order valence-corrected chi connectivity index (χ4v) is 4.14.